The lowest BCUT2D eigenvalue weighted by Crippen LogP contribution is -2.46. The smallest absolute Gasteiger partial charge is 0.475 e. The predicted octanol–water partition coefficient (Wildman–Crippen LogP) is 3.15. The van der Waals surface area contributed by atoms with E-state index in [0.29, 0.717) is 31.3 Å². The number of piperidine rings is 1. The average Bonchev–Trinajstić information content (AvgIpc) is 3.40. The number of carboxylic acid groups (broad SMARTS) is 1. The quantitative estimate of drug-likeness (QED) is 0.779. The fraction of sp³-hybridized carbons (Fsp3) is 0.450. The Balaban J connectivity index is 0.000000339. The van der Waals surface area contributed by atoms with Crippen LogP contribution in [0.4, 0.5) is 13.2 Å². The Hall–Kier alpha value is -3.08. The van der Waals surface area contributed by atoms with E-state index >= 15 is 0 Å². The Labute approximate surface area is 175 Å². The number of carbonyl (C=O) groups is 2. The highest BCUT2D eigenvalue weighted by atomic mass is 19.4. The number of rotatable bonds is 3. The first kappa shape index (κ1) is 22.6. The number of aliphatic carboxylic acids is 1. The number of aromatic nitrogens is 1. The minimum atomic E-state index is -5.08. The number of alkyl halides is 3. The molecule has 31 heavy (non-hydrogen) atoms. The Morgan fingerprint density at radius 1 is 1.19 bits per heavy atom. The van der Waals surface area contributed by atoms with E-state index in [0.717, 1.165) is 19.3 Å². The normalized spacial score (nSPS) is 20.1. The maximum absolute atomic E-state index is 12.3. The molecule has 2 aliphatic rings. The molecule has 0 aliphatic carbocycles. The van der Waals surface area contributed by atoms with E-state index in [1.54, 1.807) is 18.3 Å². The van der Waals surface area contributed by atoms with Crippen LogP contribution in [0.2, 0.25) is 0 Å². The molecule has 2 aromatic rings. The number of hydrogen-bond donors (Lipinski definition) is 1. The monoisotopic (exact) mass is 442 g/mol. The van der Waals surface area contributed by atoms with Gasteiger partial charge >= 0.3 is 12.1 Å². The Kier molecular flexibility index (Phi) is 6.84. The highest BCUT2D eigenvalue weighted by molar-refractivity contribution is 5.91. The van der Waals surface area contributed by atoms with Gasteiger partial charge in [0.05, 0.1) is 18.5 Å². The molecule has 1 amide bonds. The third kappa shape index (κ3) is 5.97. The average molecular weight is 442 g/mol. The van der Waals surface area contributed by atoms with Crippen molar-refractivity contribution in [1.82, 2.24) is 9.88 Å². The summed E-state index contributed by atoms with van der Waals surface area (Å²) in [5.74, 6) is -1.77. The molecular formula is C20H21F3N2O6. The maximum Gasteiger partial charge on any atom is 0.490 e. The van der Waals surface area contributed by atoms with Crippen LogP contribution in [0.25, 0.3) is 0 Å². The molecule has 2 saturated heterocycles. The number of likely N-dealkylation sites (tertiary alicyclic amines) is 1. The van der Waals surface area contributed by atoms with E-state index in [1.807, 2.05) is 23.1 Å². The molecule has 0 radical (unpaired) electrons. The van der Waals surface area contributed by atoms with Gasteiger partial charge in [0.15, 0.2) is 5.76 Å². The molecule has 1 N–H and O–H groups in total. The molecule has 0 saturated carbocycles. The molecule has 2 fully saturated rings. The van der Waals surface area contributed by atoms with Crippen LogP contribution in [-0.4, -0.2) is 64.4 Å². The summed E-state index contributed by atoms with van der Waals surface area (Å²) in [4.78, 5) is 27.3. The van der Waals surface area contributed by atoms with Crippen LogP contribution in [0.1, 0.15) is 29.8 Å². The largest absolute Gasteiger partial charge is 0.490 e. The lowest BCUT2D eigenvalue weighted by Gasteiger charge is -2.38. The van der Waals surface area contributed by atoms with Crippen molar-refractivity contribution in [3.8, 4) is 5.88 Å². The van der Waals surface area contributed by atoms with E-state index in [4.69, 9.17) is 23.8 Å². The van der Waals surface area contributed by atoms with E-state index in [1.165, 1.54) is 6.26 Å². The van der Waals surface area contributed by atoms with Crippen molar-refractivity contribution in [2.75, 3.05) is 19.7 Å². The predicted molar refractivity (Wildman–Crippen MR) is 99.5 cm³/mol. The number of furan rings is 1. The minimum Gasteiger partial charge on any atom is -0.475 e. The lowest BCUT2D eigenvalue weighted by molar-refractivity contribution is -0.192. The zero-order valence-electron chi connectivity index (χ0n) is 16.4. The van der Waals surface area contributed by atoms with Crippen molar-refractivity contribution in [3.63, 3.8) is 0 Å². The number of carbonyl (C=O) groups excluding carboxylic acids is 1. The molecule has 4 heterocycles. The van der Waals surface area contributed by atoms with Gasteiger partial charge in [-0.2, -0.15) is 13.2 Å². The van der Waals surface area contributed by atoms with Gasteiger partial charge in [0, 0.05) is 31.8 Å². The Morgan fingerprint density at radius 3 is 2.45 bits per heavy atom. The second-order valence-electron chi connectivity index (χ2n) is 7.18. The number of hydrogen-bond acceptors (Lipinski definition) is 6. The van der Waals surface area contributed by atoms with Crippen LogP contribution in [0, 0.1) is 0 Å². The summed E-state index contributed by atoms with van der Waals surface area (Å²) in [5, 5.41) is 7.12. The van der Waals surface area contributed by atoms with Crippen LogP contribution >= 0.6 is 0 Å². The van der Waals surface area contributed by atoms with Gasteiger partial charge in [0.1, 0.15) is 6.10 Å². The van der Waals surface area contributed by atoms with Crippen LogP contribution < -0.4 is 4.74 Å². The summed E-state index contributed by atoms with van der Waals surface area (Å²) in [7, 11) is 0. The van der Waals surface area contributed by atoms with Crippen molar-refractivity contribution in [3.05, 3.63) is 48.6 Å². The molecule has 1 atom stereocenters. The van der Waals surface area contributed by atoms with Crippen molar-refractivity contribution in [2.45, 2.75) is 37.1 Å². The van der Waals surface area contributed by atoms with E-state index < -0.39 is 12.1 Å². The summed E-state index contributed by atoms with van der Waals surface area (Å²) in [6, 6.07) is 9.07. The second kappa shape index (κ2) is 9.38. The molecule has 2 aromatic heterocycles. The number of pyridine rings is 1. The third-order valence-electron chi connectivity index (χ3n) is 5.04. The third-order valence-corrected chi connectivity index (χ3v) is 5.04. The molecule has 8 nitrogen and oxygen atoms in total. The molecule has 1 unspecified atom stereocenters. The second-order valence-corrected chi connectivity index (χ2v) is 7.18. The molecule has 0 bridgehead atoms. The maximum atomic E-state index is 12.3. The van der Waals surface area contributed by atoms with Crippen molar-refractivity contribution < 1.29 is 41.8 Å². The number of ether oxygens (including phenoxy) is 2. The molecule has 2 aliphatic heterocycles. The molecule has 4 rings (SSSR count). The van der Waals surface area contributed by atoms with Crippen molar-refractivity contribution in [1.29, 1.82) is 0 Å². The molecule has 11 heteroatoms. The van der Waals surface area contributed by atoms with Gasteiger partial charge in [-0.15, -0.1) is 0 Å². The fourth-order valence-electron chi connectivity index (χ4n) is 3.49. The zero-order chi connectivity index (χ0) is 22.5. The molecule has 168 valence electrons. The lowest BCUT2D eigenvalue weighted by atomic mass is 9.88. The van der Waals surface area contributed by atoms with Crippen LogP contribution in [-0.2, 0) is 9.53 Å². The van der Waals surface area contributed by atoms with Crippen LogP contribution in [0.3, 0.4) is 0 Å². The first-order valence-electron chi connectivity index (χ1n) is 9.53. The standard InChI is InChI=1S/C18H20N2O4.C2HF3O2/c21-17(15-4-3-11-22-15)20-9-6-18(7-10-20)12-14(13-23-18)24-16-5-1-2-8-19-16;3-2(4,5)1(6)7/h1-5,8,11,14H,6-7,9-10,12-13H2;(H,6,7). The van der Waals surface area contributed by atoms with E-state index in [9.17, 15) is 18.0 Å². The SMILES string of the molecule is O=C(O)C(F)(F)F.O=C(c1ccco1)N1CCC2(CC1)CC(Oc1ccccn1)CO2. The van der Waals surface area contributed by atoms with Gasteiger partial charge in [-0.1, -0.05) is 6.07 Å². The van der Waals surface area contributed by atoms with E-state index in [2.05, 4.69) is 4.98 Å². The summed E-state index contributed by atoms with van der Waals surface area (Å²) < 4.78 is 48.9. The first-order valence-corrected chi connectivity index (χ1v) is 9.53. The topological polar surface area (TPSA) is 102 Å². The molecular weight excluding hydrogens is 421 g/mol. The zero-order valence-corrected chi connectivity index (χ0v) is 16.4. The van der Waals surface area contributed by atoms with Gasteiger partial charge < -0.3 is 23.9 Å². The molecule has 0 aromatic carbocycles. The van der Waals surface area contributed by atoms with Gasteiger partial charge in [-0.25, -0.2) is 9.78 Å². The van der Waals surface area contributed by atoms with E-state index in [-0.39, 0.29) is 17.6 Å². The summed E-state index contributed by atoms with van der Waals surface area (Å²) in [5.41, 5.74) is -0.181. The number of amides is 1. The summed E-state index contributed by atoms with van der Waals surface area (Å²) in [6.45, 7) is 1.92. The summed E-state index contributed by atoms with van der Waals surface area (Å²) >= 11 is 0. The number of nitrogens with zero attached hydrogens (tertiary/aromatic N) is 2. The number of carboxylic acids is 1. The van der Waals surface area contributed by atoms with Gasteiger partial charge in [-0.3, -0.25) is 4.79 Å². The summed E-state index contributed by atoms with van der Waals surface area (Å²) in [6.07, 6.45) is 0.667. The highest BCUT2D eigenvalue weighted by Gasteiger charge is 2.44. The Bertz CT molecular complexity index is 865. The van der Waals surface area contributed by atoms with Crippen molar-refractivity contribution in [2.24, 2.45) is 0 Å². The fourth-order valence-corrected chi connectivity index (χ4v) is 3.49. The van der Waals surface area contributed by atoms with Gasteiger partial charge in [0.25, 0.3) is 5.91 Å². The highest BCUT2D eigenvalue weighted by Crippen LogP contribution is 2.37. The van der Waals surface area contributed by atoms with Crippen molar-refractivity contribution >= 4 is 11.9 Å². The van der Waals surface area contributed by atoms with Gasteiger partial charge in [0.2, 0.25) is 5.88 Å². The number of halogens is 3. The Morgan fingerprint density at radius 2 is 1.90 bits per heavy atom. The van der Waals surface area contributed by atoms with Crippen LogP contribution in [0.15, 0.2) is 47.2 Å². The first-order chi connectivity index (χ1) is 14.7. The molecule has 1 spiro atoms. The van der Waals surface area contributed by atoms with Gasteiger partial charge in [-0.05, 0) is 31.0 Å². The van der Waals surface area contributed by atoms with Crippen LogP contribution in [0.5, 0.6) is 5.88 Å². The minimum absolute atomic E-state index is 0.0206.